The average Bonchev–Trinajstić information content (AvgIpc) is 3.09. The van der Waals surface area contributed by atoms with E-state index in [2.05, 4.69) is 10.6 Å². The van der Waals surface area contributed by atoms with Gasteiger partial charge in [-0.25, -0.2) is 9.59 Å². The summed E-state index contributed by atoms with van der Waals surface area (Å²) in [6.07, 6.45) is -0.623. The number of aliphatic hydroxyl groups excluding tert-OH is 1. The van der Waals surface area contributed by atoms with E-state index in [9.17, 15) is 14.4 Å². The number of ether oxygens (including phenoxy) is 1. The number of carboxylic acid groups (broad SMARTS) is 1. The second-order valence-corrected chi connectivity index (χ2v) is 7.34. The highest BCUT2D eigenvalue weighted by molar-refractivity contribution is 5.89. The lowest BCUT2D eigenvalue weighted by molar-refractivity contribution is -0.142. The number of nitrogens with one attached hydrogen (secondary N) is 2. The lowest BCUT2D eigenvalue weighted by atomic mass is 9.98. The lowest BCUT2D eigenvalue weighted by Crippen LogP contribution is -2.51. The van der Waals surface area contributed by atoms with Crippen molar-refractivity contribution in [2.45, 2.75) is 37.8 Å². The number of amides is 2. The summed E-state index contributed by atoms with van der Waals surface area (Å²) < 4.78 is 5.44. The van der Waals surface area contributed by atoms with Crippen molar-refractivity contribution in [2.75, 3.05) is 13.2 Å². The van der Waals surface area contributed by atoms with E-state index in [1.807, 2.05) is 48.5 Å². The molecular formula is C23H26N2O6. The molecule has 2 aromatic carbocycles. The fraction of sp³-hybridized carbons (Fsp3) is 0.348. The Kier molecular flexibility index (Phi) is 7.25. The van der Waals surface area contributed by atoms with Gasteiger partial charge < -0.3 is 25.6 Å². The molecule has 1 aliphatic carbocycles. The molecule has 0 aromatic heterocycles. The molecule has 3 rings (SSSR count). The van der Waals surface area contributed by atoms with E-state index in [1.54, 1.807) is 6.92 Å². The van der Waals surface area contributed by atoms with Crippen LogP contribution < -0.4 is 10.6 Å². The van der Waals surface area contributed by atoms with Gasteiger partial charge >= 0.3 is 12.1 Å². The molecule has 164 valence electrons. The standard InChI is InChI=1S/C23H26N2O6/c1-2-19(21(27)24-20(11-12-26)22(28)29)25-23(30)31-13-18-16-9-5-3-7-14(16)15-8-4-6-10-17(15)18/h3-10,18-20,26H,2,11-13H2,1H3,(H,24,27)(H,25,30)(H,28,29)/t19?,20-/m1/s1. The molecule has 0 radical (unpaired) electrons. The molecule has 2 atom stereocenters. The number of aliphatic hydroxyl groups is 1. The largest absolute Gasteiger partial charge is 0.480 e. The Bertz CT molecular complexity index is 915. The molecule has 8 nitrogen and oxygen atoms in total. The van der Waals surface area contributed by atoms with Crippen molar-refractivity contribution < 1.29 is 29.3 Å². The first-order valence-corrected chi connectivity index (χ1v) is 10.2. The fourth-order valence-corrected chi connectivity index (χ4v) is 3.79. The molecule has 1 aliphatic rings. The van der Waals surface area contributed by atoms with Crippen LogP contribution in [0.4, 0.5) is 4.79 Å². The maximum Gasteiger partial charge on any atom is 0.407 e. The Balaban J connectivity index is 1.62. The van der Waals surface area contributed by atoms with E-state index < -0.39 is 30.1 Å². The molecule has 8 heteroatoms. The van der Waals surface area contributed by atoms with Gasteiger partial charge in [0.2, 0.25) is 5.91 Å². The number of benzene rings is 2. The first-order chi connectivity index (χ1) is 15.0. The SMILES string of the molecule is CCC(NC(=O)OCC1c2ccccc2-c2ccccc21)C(=O)N[C@H](CCO)C(=O)O. The molecule has 0 bridgehead atoms. The minimum atomic E-state index is -1.25. The van der Waals surface area contributed by atoms with Crippen LogP contribution in [0.2, 0.25) is 0 Å². The van der Waals surface area contributed by atoms with Gasteiger partial charge in [0.25, 0.3) is 0 Å². The number of alkyl carbamates (subject to hydrolysis) is 1. The van der Waals surface area contributed by atoms with E-state index in [0.29, 0.717) is 0 Å². The molecule has 4 N–H and O–H groups in total. The smallest absolute Gasteiger partial charge is 0.407 e. The van der Waals surface area contributed by atoms with Gasteiger partial charge in [-0.15, -0.1) is 0 Å². The second-order valence-electron chi connectivity index (χ2n) is 7.34. The minimum absolute atomic E-state index is 0.104. The summed E-state index contributed by atoms with van der Waals surface area (Å²) in [6, 6.07) is 13.8. The van der Waals surface area contributed by atoms with Crippen LogP contribution in [-0.4, -0.2) is 53.5 Å². The summed E-state index contributed by atoms with van der Waals surface area (Å²) in [5.74, 6) is -2.00. The molecule has 0 fully saturated rings. The molecule has 0 saturated heterocycles. The van der Waals surface area contributed by atoms with Gasteiger partial charge in [-0.3, -0.25) is 4.79 Å². The maximum absolute atomic E-state index is 12.4. The van der Waals surface area contributed by atoms with Crippen molar-refractivity contribution in [1.82, 2.24) is 10.6 Å². The zero-order valence-corrected chi connectivity index (χ0v) is 17.2. The second kappa shape index (κ2) is 10.1. The number of carbonyl (C=O) groups excluding carboxylic acids is 2. The molecule has 31 heavy (non-hydrogen) atoms. The minimum Gasteiger partial charge on any atom is -0.480 e. The summed E-state index contributed by atoms with van der Waals surface area (Å²) in [6.45, 7) is 1.42. The van der Waals surface area contributed by atoms with Gasteiger partial charge in [-0.05, 0) is 28.7 Å². The Labute approximate surface area is 180 Å². The topological polar surface area (TPSA) is 125 Å². The number of rotatable bonds is 9. The van der Waals surface area contributed by atoms with Crippen LogP contribution in [0.25, 0.3) is 11.1 Å². The highest BCUT2D eigenvalue weighted by atomic mass is 16.5. The number of hydrogen-bond donors (Lipinski definition) is 4. The number of fused-ring (bicyclic) bond motifs is 3. The fourth-order valence-electron chi connectivity index (χ4n) is 3.79. The van der Waals surface area contributed by atoms with Crippen LogP contribution >= 0.6 is 0 Å². The molecule has 2 amide bonds. The molecule has 1 unspecified atom stereocenters. The number of hydrogen-bond acceptors (Lipinski definition) is 5. The molecule has 0 spiro atoms. The number of aliphatic carboxylic acids is 1. The number of carboxylic acids is 1. The zero-order chi connectivity index (χ0) is 22.4. The molecule has 2 aromatic rings. The first-order valence-electron chi connectivity index (χ1n) is 10.2. The van der Waals surface area contributed by atoms with Gasteiger partial charge in [0, 0.05) is 18.9 Å². The van der Waals surface area contributed by atoms with Gasteiger partial charge in [-0.1, -0.05) is 55.5 Å². The van der Waals surface area contributed by atoms with E-state index in [4.69, 9.17) is 14.9 Å². The Morgan fingerprint density at radius 2 is 1.55 bits per heavy atom. The van der Waals surface area contributed by atoms with Gasteiger partial charge in [0.1, 0.15) is 18.7 Å². The molecule has 0 aliphatic heterocycles. The third kappa shape index (κ3) is 5.03. The lowest BCUT2D eigenvalue weighted by Gasteiger charge is -2.20. The summed E-state index contributed by atoms with van der Waals surface area (Å²) in [7, 11) is 0. The normalized spacial score (nSPS) is 14.1. The van der Waals surface area contributed by atoms with E-state index in [-0.39, 0.29) is 32.0 Å². The van der Waals surface area contributed by atoms with Crippen molar-refractivity contribution >= 4 is 18.0 Å². The third-order valence-electron chi connectivity index (χ3n) is 5.39. The van der Waals surface area contributed by atoms with Crippen LogP contribution in [0, 0.1) is 0 Å². The summed E-state index contributed by atoms with van der Waals surface area (Å²) >= 11 is 0. The van der Waals surface area contributed by atoms with E-state index in [0.717, 1.165) is 22.3 Å². The van der Waals surface area contributed by atoms with Gasteiger partial charge in [0.05, 0.1) is 0 Å². The maximum atomic E-state index is 12.4. The Morgan fingerprint density at radius 3 is 2.06 bits per heavy atom. The van der Waals surface area contributed by atoms with Crippen molar-refractivity contribution in [2.24, 2.45) is 0 Å². The van der Waals surface area contributed by atoms with Gasteiger partial charge in [0.15, 0.2) is 0 Å². The van der Waals surface area contributed by atoms with Crippen molar-refractivity contribution in [3.8, 4) is 11.1 Å². The summed E-state index contributed by atoms with van der Waals surface area (Å²) in [5, 5.41) is 22.9. The third-order valence-corrected chi connectivity index (χ3v) is 5.39. The van der Waals surface area contributed by atoms with E-state index in [1.165, 1.54) is 0 Å². The highest BCUT2D eigenvalue weighted by Gasteiger charge is 2.30. The molecular weight excluding hydrogens is 400 g/mol. The quantitative estimate of drug-likeness (QED) is 0.487. The Hall–Kier alpha value is -3.39. The van der Waals surface area contributed by atoms with Crippen LogP contribution in [0.5, 0.6) is 0 Å². The van der Waals surface area contributed by atoms with Crippen LogP contribution in [0.1, 0.15) is 36.8 Å². The van der Waals surface area contributed by atoms with Crippen molar-refractivity contribution in [3.63, 3.8) is 0 Å². The van der Waals surface area contributed by atoms with Crippen molar-refractivity contribution in [3.05, 3.63) is 59.7 Å². The average molecular weight is 426 g/mol. The summed E-state index contributed by atoms with van der Waals surface area (Å²) in [5.41, 5.74) is 4.38. The molecule has 0 heterocycles. The van der Waals surface area contributed by atoms with Crippen LogP contribution in [0.3, 0.4) is 0 Å². The summed E-state index contributed by atoms with van der Waals surface area (Å²) in [4.78, 5) is 35.9. The van der Waals surface area contributed by atoms with Gasteiger partial charge in [-0.2, -0.15) is 0 Å². The Morgan fingerprint density at radius 1 is 0.968 bits per heavy atom. The van der Waals surface area contributed by atoms with Crippen molar-refractivity contribution in [1.29, 1.82) is 0 Å². The zero-order valence-electron chi connectivity index (χ0n) is 17.2. The monoisotopic (exact) mass is 426 g/mol. The predicted molar refractivity (Wildman–Crippen MR) is 114 cm³/mol. The van der Waals surface area contributed by atoms with Crippen LogP contribution in [0.15, 0.2) is 48.5 Å². The van der Waals surface area contributed by atoms with Crippen LogP contribution in [-0.2, 0) is 14.3 Å². The highest BCUT2D eigenvalue weighted by Crippen LogP contribution is 2.44. The predicted octanol–water partition coefficient (Wildman–Crippen LogP) is 2.26. The number of carbonyl (C=O) groups is 3. The first kappa shape index (κ1) is 22.3. The van der Waals surface area contributed by atoms with E-state index >= 15 is 0 Å². The molecule has 0 saturated carbocycles.